The Hall–Kier alpha value is -1.56. The van der Waals surface area contributed by atoms with E-state index < -0.39 is 17.1 Å². The van der Waals surface area contributed by atoms with Crippen molar-refractivity contribution in [3.63, 3.8) is 0 Å². The summed E-state index contributed by atoms with van der Waals surface area (Å²) in [6, 6.07) is 3.62. The molecule has 1 aliphatic heterocycles. The fraction of sp³-hybridized carbons (Fsp3) is 0.529. The SMILES string of the molecule is COc1ccc2c(c1O)[C@]13CCNC(C2)[C@]1(O)C=CC(O)C3. The Morgan fingerprint density at radius 1 is 1.36 bits per heavy atom. The molecular formula is C17H21NO4. The molecule has 22 heavy (non-hydrogen) atoms. The molecule has 118 valence electrons. The number of phenolic OH excluding ortho intramolecular Hbond substituents is 1. The van der Waals surface area contributed by atoms with Crippen LogP contribution >= 0.6 is 0 Å². The Labute approximate surface area is 129 Å². The van der Waals surface area contributed by atoms with Gasteiger partial charge in [-0.3, -0.25) is 0 Å². The molecule has 1 heterocycles. The van der Waals surface area contributed by atoms with Crippen LogP contribution < -0.4 is 10.1 Å². The van der Waals surface area contributed by atoms with Gasteiger partial charge in [0.05, 0.1) is 13.2 Å². The molecule has 1 aromatic carbocycles. The first-order chi connectivity index (χ1) is 10.5. The first-order valence-corrected chi connectivity index (χ1v) is 7.74. The Morgan fingerprint density at radius 2 is 2.18 bits per heavy atom. The zero-order valence-electron chi connectivity index (χ0n) is 12.5. The van der Waals surface area contributed by atoms with Crippen LogP contribution in [0.4, 0.5) is 0 Å². The summed E-state index contributed by atoms with van der Waals surface area (Å²) in [4.78, 5) is 0. The number of benzene rings is 1. The molecular weight excluding hydrogens is 282 g/mol. The molecule has 0 spiro atoms. The van der Waals surface area contributed by atoms with Crippen LogP contribution in [-0.2, 0) is 11.8 Å². The van der Waals surface area contributed by atoms with Gasteiger partial charge in [-0.25, -0.2) is 0 Å². The van der Waals surface area contributed by atoms with Crippen LogP contribution in [-0.4, -0.2) is 46.7 Å². The number of ether oxygens (including phenoxy) is 1. The van der Waals surface area contributed by atoms with E-state index in [1.54, 1.807) is 18.2 Å². The summed E-state index contributed by atoms with van der Waals surface area (Å²) < 4.78 is 5.26. The molecule has 4 rings (SSSR count). The molecule has 4 N–H and O–H groups in total. The maximum atomic E-state index is 11.4. The lowest BCUT2D eigenvalue weighted by Crippen LogP contribution is -2.71. The number of piperidine rings is 1. The number of nitrogens with one attached hydrogen (secondary N) is 1. The van der Waals surface area contributed by atoms with Crippen molar-refractivity contribution in [3.05, 3.63) is 35.4 Å². The quantitative estimate of drug-likeness (QED) is 0.572. The highest BCUT2D eigenvalue weighted by atomic mass is 16.5. The van der Waals surface area contributed by atoms with Crippen LogP contribution in [0.25, 0.3) is 0 Å². The van der Waals surface area contributed by atoms with Crippen molar-refractivity contribution in [1.29, 1.82) is 0 Å². The lowest BCUT2D eigenvalue weighted by atomic mass is 9.51. The van der Waals surface area contributed by atoms with Crippen molar-refractivity contribution in [2.75, 3.05) is 13.7 Å². The van der Waals surface area contributed by atoms with E-state index in [-0.39, 0.29) is 11.8 Å². The molecule has 1 fully saturated rings. The van der Waals surface area contributed by atoms with E-state index in [9.17, 15) is 15.3 Å². The van der Waals surface area contributed by atoms with Crippen LogP contribution in [0, 0.1) is 0 Å². The summed E-state index contributed by atoms with van der Waals surface area (Å²) >= 11 is 0. The van der Waals surface area contributed by atoms with Crippen molar-refractivity contribution < 1.29 is 20.1 Å². The minimum atomic E-state index is -1.10. The molecule has 2 unspecified atom stereocenters. The molecule has 1 saturated heterocycles. The van der Waals surface area contributed by atoms with Crippen LogP contribution in [0.3, 0.4) is 0 Å². The van der Waals surface area contributed by atoms with Crippen molar-refractivity contribution in [2.24, 2.45) is 0 Å². The monoisotopic (exact) mass is 303 g/mol. The lowest BCUT2D eigenvalue weighted by Gasteiger charge is -2.59. The van der Waals surface area contributed by atoms with Gasteiger partial charge < -0.3 is 25.4 Å². The number of rotatable bonds is 1. The molecule has 5 nitrogen and oxygen atoms in total. The summed E-state index contributed by atoms with van der Waals surface area (Å²) in [5.41, 5.74) is -0.0110. The van der Waals surface area contributed by atoms with Crippen LogP contribution in [0.15, 0.2) is 24.3 Å². The van der Waals surface area contributed by atoms with E-state index >= 15 is 0 Å². The maximum absolute atomic E-state index is 11.4. The van der Waals surface area contributed by atoms with Gasteiger partial charge in [-0.05, 0) is 37.4 Å². The number of fused-ring (bicyclic) bond motifs is 1. The summed E-state index contributed by atoms with van der Waals surface area (Å²) in [7, 11) is 1.52. The number of methoxy groups -OCH3 is 1. The summed E-state index contributed by atoms with van der Waals surface area (Å²) in [5, 5.41) is 35.7. The van der Waals surface area contributed by atoms with Crippen molar-refractivity contribution >= 4 is 0 Å². The Balaban J connectivity index is 2.02. The van der Waals surface area contributed by atoms with Gasteiger partial charge in [0.15, 0.2) is 11.5 Å². The molecule has 0 saturated carbocycles. The van der Waals surface area contributed by atoms with Gasteiger partial charge >= 0.3 is 0 Å². The third kappa shape index (κ3) is 1.54. The molecule has 0 radical (unpaired) electrons. The van der Waals surface area contributed by atoms with E-state index in [4.69, 9.17) is 4.74 Å². The van der Waals surface area contributed by atoms with Gasteiger partial charge in [-0.2, -0.15) is 0 Å². The van der Waals surface area contributed by atoms with Crippen molar-refractivity contribution in [3.8, 4) is 11.5 Å². The number of hydrogen-bond donors (Lipinski definition) is 4. The Kier molecular flexibility index (Phi) is 2.86. The summed E-state index contributed by atoms with van der Waals surface area (Å²) in [6.07, 6.45) is 4.49. The lowest BCUT2D eigenvalue weighted by molar-refractivity contribution is -0.0842. The normalized spacial score (nSPS) is 39.0. The smallest absolute Gasteiger partial charge is 0.161 e. The number of aliphatic hydroxyl groups excluding tert-OH is 1. The number of aromatic hydroxyl groups is 1. The first kappa shape index (κ1) is 14.1. The van der Waals surface area contributed by atoms with E-state index in [0.29, 0.717) is 25.0 Å². The molecule has 0 amide bonds. The van der Waals surface area contributed by atoms with Crippen LogP contribution in [0.1, 0.15) is 24.0 Å². The third-order valence-electron chi connectivity index (χ3n) is 5.72. The zero-order chi connectivity index (χ0) is 15.5. The minimum absolute atomic E-state index is 0.0984. The minimum Gasteiger partial charge on any atom is -0.504 e. The predicted octanol–water partition coefficient (Wildman–Crippen LogP) is 0.608. The number of aliphatic hydroxyl groups is 2. The predicted molar refractivity (Wildman–Crippen MR) is 81.2 cm³/mol. The fourth-order valence-corrected chi connectivity index (χ4v) is 4.73. The molecule has 1 aromatic rings. The van der Waals surface area contributed by atoms with Crippen molar-refractivity contribution in [1.82, 2.24) is 5.32 Å². The standard InChI is InChI=1S/C17H21NO4/c1-22-12-3-2-10-8-13-17(21)5-4-11(19)9-16(17,6-7-18-13)14(10)15(12)20/h2-5,11,13,18-21H,6-9H2,1H3/t11?,13?,16-,17-/m1/s1. The summed E-state index contributed by atoms with van der Waals surface area (Å²) in [5.74, 6) is 0.512. The van der Waals surface area contributed by atoms with Gasteiger partial charge in [0.1, 0.15) is 5.60 Å². The Morgan fingerprint density at radius 3 is 2.95 bits per heavy atom. The number of hydrogen-bond acceptors (Lipinski definition) is 5. The van der Waals surface area contributed by atoms with Gasteiger partial charge in [-0.15, -0.1) is 0 Å². The second-order valence-electron chi connectivity index (χ2n) is 6.65. The van der Waals surface area contributed by atoms with Crippen LogP contribution in [0.5, 0.6) is 11.5 Å². The molecule has 2 aliphatic carbocycles. The van der Waals surface area contributed by atoms with E-state index in [1.165, 1.54) is 7.11 Å². The van der Waals surface area contributed by atoms with Gasteiger partial charge in [0, 0.05) is 17.0 Å². The first-order valence-electron chi connectivity index (χ1n) is 7.74. The van der Waals surface area contributed by atoms with Gasteiger partial charge in [0.2, 0.25) is 0 Å². The van der Waals surface area contributed by atoms with Gasteiger partial charge in [-0.1, -0.05) is 18.2 Å². The Bertz CT molecular complexity index is 658. The van der Waals surface area contributed by atoms with Crippen LogP contribution in [0.2, 0.25) is 0 Å². The van der Waals surface area contributed by atoms with Crippen molar-refractivity contribution in [2.45, 2.75) is 42.4 Å². The fourth-order valence-electron chi connectivity index (χ4n) is 4.73. The number of phenols is 1. The highest BCUT2D eigenvalue weighted by Gasteiger charge is 2.62. The average molecular weight is 303 g/mol. The topological polar surface area (TPSA) is 82.0 Å². The van der Waals surface area contributed by atoms with E-state index in [0.717, 1.165) is 17.7 Å². The second kappa shape index (κ2) is 4.47. The van der Waals surface area contributed by atoms with E-state index in [2.05, 4.69) is 5.32 Å². The molecule has 4 atom stereocenters. The molecule has 0 aromatic heterocycles. The molecule has 2 bridgehead atoms. The highest BCUT2D eigenvalue weighted by Crippen LogP contribution is 2.57. The largest absolute Gasteiger partial charge is 0.504 e. The molecule has 5 heteroatoms. The second-order valence-corrected chi connectivity index (χ2v) is 6.65. The highest BCUT2D eigenvalue weighted by molar-refractivity contribution is 5.59. The maximum Gasteiger partial charge on any atom is 0.161 e. The average Bonchev–Trinajstić information content (AvgIpc) is 2.47. The third-order valence-corrected chi connectivity index (χ3v) is 5.72. The zero-order valence-corrected chi connectivity index (χ0v) is 12.5. The summed E-state index contributed by atoms with van der Waals surface area (Å²) in [6.45, 7) is 0.754. The van der Waals surface area contributed by atoms with E-state index in [1.807, 2.05) is 6.07 Å². The van der Waals surface area contributed by atoms with Gasteiger partial charge in [0.25, 0.3) is 0 Å². The molecule has 3 aliphatic rings.